The highest BCUT2D eigenvalue weighted by Gasteiger charge is 2.30. The Morgan fingerprint density at radius 1 is 1.14 bits per heavy atom. The molecule has 1 saturated heterocycles. The summed E-state index contributed by atoms with van der Waals surface area (Å²) in [5.41, 5.74) is 1.22. The van der Waals surface area contributed by atoms with Gasteiger partial charge in [-0.15, -0.1) is 10.2 Å². The number of anilines is 1. The first-order valence-electron chi connectivity index (χ1n) is 11.2. The van der Waals surface area contributed by atoms with E-state index in [1.165, 1.54) is 18.7 Å². The quantitative estimate of drug-likeness (QED) is 0.488. The standard InChI is InChI=1S/C25H24F3N5O3/c1-16-15-33(24(34)30-21-7-9-23(35-2)32-31-21)11-10-18(16)12-17-4-3-5-20(13-17)36-22-8-6-19(14-29-22)25(26,27)28/h3-9,12-14,16H,10-11,15H2,1-2H3,(H,30,31,34)/b18-12+. The molecule has 0 bridgehead atoms. The summed E-state index contributed by atoms with van der Waals surface area (Å²) in [6.07, 6.45) is -0.974. The van der Waals surface area contributed by atoms with Crippen molar-refractivity contribution < 1.29 is 27.4 Å². The molecule has 3 heterocycles. The normalized spacial score (nSPS) is 17.1. The van der Waals surface area contributed by atoms with Crippen molar-refractivity contribution in [1.29, 1.82) is 0 Å². The molecule has 1 unspecified atom stereocenters. The van der Waals surface area contributed by atoms with Gasteiger partial charge in [0, 0.05) is 31.4 Å². The fourth-order valence-electron chi connectivity index (χ4n) is 3.74. The van der Waals surface area contributed by atoms with Gasteiger partial charge in [0.1, 0.15) is 5.75 Å². The number of rotatable bonds is 5. The van der Waals surface area contributed by atoms with E-state index in [1.807, 2.05) is 19.1 Å². The molecule has 0 saturated carbocycles. The number of nitrogens with one attached hydrogen (secondary N) is 1. The van der Waals surface area contributed by atoms with Gasteiger partial charge < -0.3 is 14.4 Å². The van der Waals surface area contributed by atoms with Crippen LogP contribution in [0.1, 0.15) is 24.5 Å². The Bertz CT molecular complexity index is 1230. The molecule has 0 radical (unpaired) electrons. The van der Waals surface area contributed by atoms with Gasteiger partial charge in [-0.3, -0.25) is 5.32 Å². The van der Waals surface area contributed by atoms with Crippen molar-refractivity contribution in [2.24, 2.45) is 5.92 Å². The number of ether oxygens (including phenoxy) is 2. The van der Waals surface area contributed by atoms with E-state index in [4.69, 9.17) is 9.47 Å². The van der Waals surface area contributed by atoms with Crippen molar-refractivity contribution in [3.63, 3.8) is 0 Å². The van der Waals surface area contributed by atoms with Crippen LogP contribution < -0.4 is 14.8 Å². The number of methoxy groups -OCH3 is 1. The summed E-state index contributed by atoms with van der Waals surface area (Å²) in [6, 6.07) is 12.3. The highest BCUT2D eigenvalue weighted by atomic mass is 19.4. The summed E-state index contributed by atoms with van der Waals surface area (Å²) in [5, 5.41) is 10.5. The molecule has 1 aliphatic heterocycles. The molecular weight excluding hydrogens is 475 g/mol. The lowest BCUT2D eigenvalue weighted by Crippen LogP contribution is -2.42. The fourth-order valence-corrected chi connectivity index (χ4v) is 3.74. The number of likely N-dealkylation sites (tertiary alicyclic amines) is 1. The first kappa shape index (κ1) is 25.0. The molecule has 2 amide bonds. The maximum absolute atomic E-state index is 12.7. The molecule has 188 valence electrons. The number of hydrogen-bond acceptors (Lipinski definition) is 6. The number of aromatic nitrogens is 3. The smallest absolute Gasteiger partial charge is 0.417 e. The molecule has 2 aromatic heterocycles. The predicted octanol–water partition coefficient (Wildman–Crippen LogP) is 5.65. The van der Waals surface area contributed by atoms with Crippen LogP contribution in [0.5, 0.6) is 17.5 Å². The van der Waals surface area contributed by atoms with E-state index in [2.05, 4.69) is 20.5 Å². The highest BCUT2D eigenvalue weighted by molar-refractivity contribution is 5.88. The van der Waals surface area contributed by atoms with Crippen molar-refractivity contribution in [1.82, 2.24) is 20.1 Å². The van der Waals surface area contributed by atoms with Crippen molar-refractivity contribution in [3.05, 3.63) is 71.4 Å². The summed E-state index contributed by atoms with van der Waals surface area (Å²) in [7, 11) is 1.49. The van der Waals surface area contributed by atoms with E-state index in [0.717, 1.165) is 17.8 Å². The van der Waals surface area contributed by atoms with Crippen molar-refractivity contribution in [2.75, 3.05) is 25.5 Å². The fraction of sp³-hybridized carbons (Fsp3) is 0.280. The molecule has 1 atom stereocenters. The van der Waals surface area contributed by atoms with Crippen molar-refractivity contribution in [2.45, 2.75) is 19.5 Å². The van der Waals surface area contributed by atoms with Gasteiger partial charge in [-0.05, 0) is 42.2 Å². The molecule has 4 rings (SSSR count). The third kappa shape index (κ3) is 6.29. The summed E-state index contributed by atoms with van der Waals surface area (Å²) in [5.74, 6) is 1.35. The topological polar surface area (TPSA) is 89.5 Å². The molecule has 3 aromatic rings. The van der Waals surface area contributed by atoms with Crippen LogP contribution in [0.15, 0.2) is 60.3 Å². The minimum Gasteiger partial charge on any atom is -0.480 e. The number of halogens is 3. The second-order valence-electron chi connectivity index (χ2n) is 8.26. The van der Waals surface area contributed by atoms with Crippen LogP contribution in [-0.4, -0.2) is 46.3 Å². The van der Waals surface area contributed by atoms with Gasteiger partial charge in [0.2, 0.25) is 11.8 Å². The lowest BCUT2D eigenvalue weighted by atomic mass is 9.91. The third-order valence-corrected chi connectivity index (χ3v) is 5.67. The maximum atomic E-state index is 12.7. The number of alkyl halides is 3. The minimum atomic E-state index is -4.45. The Kier molecular flexibility index (Phi) is 7.37. The summed E-state index contributed by atoms with van der Waals surface area (Å²) >= 11 is 0. The number of pyridine rings is 1. The Morgan fingerprint density at radius 2 is 1.94 bits per heavy atom. The lowest BCUT2D eigenvalue weighted by Gasteiger charge is -2.33. The van der Waals surface area contributed by atoms with Crippen molar-refractivity contribution >= 4 is 17.9 Å². The number of carbonyl (C=O) groups excluding carboxylic acids is 1. The monoisotopic (exact) mass is 499 g/mol. The average Bonchev–Trinajstić information content (AvgIpc) is 2.86. The van der Waals surface area contributed by atoms with Crippen LogP contribution in [0.2, 0.25) is 0 Å². The predicted molar refractivity (Wildman–Crippen MR) is 127 cm³/mol. The molecule has 1 aliphatic rings. The maximum Gasteiger partial charge on any atom is 0.417 e. The number of piperidine rings is 1. The number of benzene rings is 1. The zero-order chi connectivity index (χ0) is 25.7. The molecule has 36 heavy (non-hydrogen) atoms. The van der Waals surface area contributed by atoms with Crippen LogP contribution in [0.25, 0.3) is 6.08 Å². The van der Waals surface area contributed by atoms with Gasteiger partial charge in [-0.2, -0.15) is 13.2 Å². The molecule has 11 heteroatoms. The van der Waals surface area contributed by atoms with E-state index in [0.29, 0.717) is 37.0 Å². The van der Waals surface area contributed by atoms with Gasteiger partial charge in [0.25, 0.3) is 0 Å². The average molecular weight is 499 g/mol. The number of nitrogens with zero attached hydrogens (tertiary/aromatic N) is 4. The van der Waals surface area contributed by atoms with Gasteiger partial charge in [0.05, 0.1) is 12.7 Å². The van der Waals surface area contributed by atoms with E-state index in [9.17, 15) is 18.0 Å². The zero-order valence-corrected chi connectivity index (χ0v) is 19.6. The Balaban J connectivity index is 1.37. The van der Waals surface area contributed by atoms with Gasteiger partial charge in [0.15, 0.2) is 5.82 Å². The van der Waals surface area contributed by atoms with Gasteiger partial charge in [-0.1, -0.05) is 30.7 Å². The molecule has 1 N–H and O–H groups in total. The first-order chi connectivity index (χ1) is 17.2. The number of carbonyl (C=O) groups is 1. The lowest BCUT2D eigenvalue weighted by molar-refractivity contribution is -0.137. The van der Waals surface area contributed by atoms with Crippen LogP contribution in [-0.2, 0) is 6.18 Å². The number of amides is 2. The molecule has 0 aliphatic carbocycles. The van der Waals surface area contributed by atoms with Crippen LogP contribution in [0.3, 0.4) is 0 Å². The van der Waals surface area contributed by atoms with Gasteiger partial charge in [-0.25, -0.2) is 9.78 Å². The highest BCUT2D eigenvalue weighted by Crippen LogP contribution is 2.31. The Morgan fingerprint density at radius 3 is 2.58 bits per heavy atom. The van der Waals surface area contributed by atoms with E-state index in [-0.39, 0.29) is 17.8 Å². The summed E-state index contributed by atoms with van der Waals surface area (Å²) < 4.78 is 48.8. The molecule has 1 aromatic carbocycles. The number of hydrogen-bond donors (Lipinski definition) is 1. The van der Waals surface area contributed by atoms with E-state index < -0.39 is 11.7 Å². The second kappa shape index (κ2) is 10.6. The van der Waals surface area contributed by atoms with Gasteiger partial charge >= 0.3 is 12.2 Å². The molecule has 0 spiro atoms. The SMILES string of the molecule is COc1ccc(NC(=O)N2CC/C(=C\c3cccc(Oc4ccc(C(F)(F)F)cn4)c3)C(C)C2)nn1. The van der Waals surface area contributed by atoms with E-state index in [1.54, 1.807) is 35.2 Å². The summed E-state index contributed by atoms with van der Waals surface area (Å²) in [4.78, 5) is 18.1. The minimum absolute atomic E-state index is 0.0713. The molecule has 8 nitrogen and oxygen atoms in total. The number of urea groups is 1. The largest absolute Gasteiger partial charge is 0.480 e. The van der Waals surface area contributed by atoms with Crippen LogP contribution >= 0.6 is 0 Å². The first-order valence-corrected chi connectivity index (χ1v) is 11.2. The third-order valence-electron chi connectivity index (χ3n) is 5.67. The van der Waals surface area contributed by atoms with Crippen molar-refractivity contribution in [3.8, 4) is 17.5 Å². The van der Waals surface area contributed by atoms with E-state index >= 15 is 0 Å². The van der Waals surface area contributed by atoms with Crippen LogP contribution in [0, 0.1) is 5.92 Å². The van der Waals surface area contributed by atoms with Crippen LogP contribution in [0.4, 0.5) is 23.8 Å². The second-order valence-corrected chi connectivity index (χ2v) is 8.26. The Hall–Kier alpha value is -4.15. The zero-order valence-electron chi connectivity index (χ0n) is 19.6. The summed E-state index contributed by atoms with van der Waals surface area (Å²) in [6.45, 7) is 3.12. The Labute approximate surface area is 205 Å². The molecular formula is C25H24F3N5O3. The molecule has 1 fully saturated rings.